The summed E-state index contributed by atoms with van der Waals surface area (Å²) in [6.45, 7) is 2.20. The summed E-state index contributed by atoms with van der Waals surface area (Å²) in [5.74, 6) is 0.654. The second-order valence-corrected chi connectivity index (χ2v) is 7.99. The Bertz CT molecular complexity index is 620. The quantitative estimate of drug-likeness (QED) is 0.773. The van der Waals surface area contributed by atoms with Gasteiger partial charge in [0.1, 0.15) is 0 Å². The van der Waals surface area contributed by atoms with Gasteiger partial charge in [-0.25, -0.2) is 18.4 Å². The molecule has 1 aromatic heterocycles. The van der Waals surface area contributed by atoms with Gasteiger partial charge < -0.3 is 9.64 Å². The fourth-order valence-electron chi connectivity index (χ4n) is 3.13. The summed E-state index contributed by atoms with van der Waals surface area (Å²) in [4.78, 5) is 10.7. The van der Waals surface area contributed by atoms with Crippen LogP contribution in [0.25, 0.3) is 0 Å². The second-order valence-electron chi connectivity index (χ2n) is 5.78. The number of ether oxygens (including phenoxy) is 1. The van der Waals surface area contributed by atoms with Gasteiger partial charge in [0, 0.05) is 32.0 Å². The van der Waals surface area contributed by atoms with Crippen LogP contribution in [-0.4, -0.2) is 66.3 Å². The minimum atomic E-state index is -3.14. The zero-order chi connectivity index (χ0) is 14.4. The highest BCUT2D eigenvalue weighted by atomic mass is 32.2. The molecule has 1 aromatic rings. The number of aromatic nitrogens is 2. The summed E-state index contributed by atoms with van der Waals surface area (Å²) >= 11 is 0. The van der Waals surface area contributed by atoms with E-state index in [1.165, 1.54) is 0 Å². The number of nitrogens with zero attached hydrogens (tertiary/aromatic N) is 4. The molecule has 0 spiro atoms. The minimum absolute atomic E-state index is 0.00896. The Labute approximate surface area is 124 Å². The van der Waals surface area contributed by atoms with Crippen LogP contribution in [0.5, 0.6) is 0 Å². The summed E-state index contributed by atoms with van der Waals surface area (Å²) in [5.41, 5.74) is 0. The summed E-state index contributed by atoms with van der Waals surface area (Å²) in [7, 11) is -3.14. The molecular formula is C13H18N4O3S. The summed E-state index contributed by atoms with van der Waals surface area (Å²) < 4.78 is 32.2. The first-order valence-electron chi connectivity index (χ1n) is 7.30. The Hall–Kier alpha value is -1.25. The molecule has 3 aliphatic rings. The van der Waals surface area contributed by atoms with Crippen LogP contribution in [0.2, 0.25) is 0 Å². The van der Waals surface area contributed by atoms with Gasteiger partial charge in [-0.2, -0.15) is 4.31 Å². The van der Waals surface area contributed by atoms with Crippen molar-refractivity contribution in [3.8, 4) is 0 Å². The lowest BCUT2D eigenvalue weighted by molar-refractivity contribution is 0.0325. The van der Waals surface area contributed by atoms with Crippen molar-refractivity contribution in [2.45, 2.75) is 30.2 Å². The Balaban J connectivity index is 1.58. The first kappa shape index (κ1) is 13.4. The fourth-order valence-corrected chi connectivity index (χ4v) is 5.00. The summed E-state index contributed by atoms with van der Waals surface area (Å²) in [5, 5.41) is -0.168. The molecule has 0 N–H and O–H groups in total. The van der Waals surface area contributed by atoms with E-state index >= 15 is 0 Å². The van der Waals surface area contributed by atoms with E-state index in [2.05, 4.69) is 14.9 Å². The van der Waals surface area contributed by atoms with Gasteiger partial charge in [0.2, 0.25) is 16.0 Å². The number of morpholine rings is 1. The number of anilines is 1. The number of hydrogen-bond acceptors (Lipinski definition) is 6. The molecule has 21 heavy (non-hydrogen) atoms. The van der Waals surface area contributed by atoms with E-state index in [-0.39, 0.29) is 17.4 Å². The molecule has 8 heteroatoms. The third kappa shape index (κ3) is 2.31. The van der Waals surface area contributed by atoms with E-state index < -0.39 is 10.0 Å². The van der Waals surface area contributed by atoms with Crippen LogP contribution in [-0.2, 0) is 14.8 Å². The maximum atomic E-state index is 12.4. The zero-order valence-corrected chi connectivity index (χ0v) is 12.4. The normalized spacial score (nSPS) is 30.4. The lowest BCUT2D eigenvalue weighted by atomic mass is 10.1. The highest BCUT2D eigenvalue weighted by molar-refractivity contribution is 7.90. The Morgan fingerprint density at radius 2 is 1.95 bits per heavy atom. The molecule has 3 fully saturated rings. The van der Waals surface area contributed by atoms with E-state index in [1.807, 2.05) is 0 Å². The van der Waals surface area contributed by atoms with Crippen LogP contribution in [0.4, 0.5) is 5.95 Å². The second kappa shape index (κ2) is 4.89. The molecule has 2 saturated heterocycles. The lowest BCUT2D eigenvalue weighted by Crippen LogP contribution is -2.51. The average molecular weight is 310 g/mol. The molecule has 1 aliphatic carbocycles. The predicted octanol–water partition coefficient (Wildman–Crippen LogP) is -0.142. The molecule has 2 atom stereocenters. The molecule has 0 unspecified atom stereocenters. The van der Waals surface area contributed by atoms with Crippen LogP contribution < -0.4 is 4.90 Å². The highest BCUT2D eigenvalue weighted by Crippen LogP contribution is 2.35. The van der Waals surface area contributed by atoms with Crippen molar-refractivity contribution in [1.29, 1.82) is 0 Å². The van der Waals surface area contributed by atoms with E-state index in [0.29, 0.717) is 32.2 Å². The SMILES string of the molecule is O=S(=O)(C1CC1)N1C[C@@H]2OCCN(c3ncccn3)[C@@H]2C1. The van der Waals surface area contributed by atoms with Crippen molar-refractivity contribution in [1.82, 2.24) is 14.3 Å². The maximum Gasteiger partial charge on any atom is 0.225 e. The molecule has 0 amide bonds. The first-order chi connectivity index (χ1) is 10.2. The maximum absolute atomic E-state index is 12.4. The van der Waals surface area contributed by atoms with Crippen molar-refractivity contribution in [2.24, 2.45) is 0 Å². The van der Waals surface area contributed by atoms with Crippen molar-refractivity contribution in [2.75, 3.05) is 31.1 Å². The summed E-state index contributed by atoms with van der Waals surface area (Å²) in [6, 6.07) is 1.79. The molecule has 4 rings (SSSR count). The van der Waals surface area contributed by atoms with Gasteiger partial charge in [0.15, 0.2) is 0 Å². The molecule has 7 nitrogen and oxygen atoms in total. The average Bonchev–Trinajstić information content (AvgIpc) is 3.27. The smallest absolute Gasteiger partial charge is 0.225 e. The largest absolute Gasteiger partial charge is 0.373 e. The fraction of sp³-hybridized carbons (Fsp3) is 0.692. The zero-order valence-electron chi connectivity index (χ0n) is 11.6. The lowest BCUT2D eigenvalue weighted by Gasteiger charge is -2.36. The molecule has 114 valence electrons. The van der Waals surface area contributed by atoms with Crippen LogP contribution in [0.1, 0.15) is 12.8 Å². The number of sulfonamides is 1. The van der Waals surface area contributed by atoms with Crippen molar-refractivity contribution in [3.63, 3.8) is 0 Å². The number of fused-ring (bicyclic) bond motifs is 1. The van der Waals surface area contributed by atoms with Crippen LogP contribution in [0, 0.1) is 0 Å². The number of rotatable bonds is 3. The van der Waals surface area contributed by atoms with E-state index in [0.717, 1.165) is 12.8 Å². The molecule has 0 bridgehead atoms. The Kier molecular flexibility index (Phi) is 3.13. The predicted molar refractivity (Wildman–Crippen MR) is 76.4 cm³/mol. The van der Waals surface area contributed by atoms with Gasteiger partial charge in [-0.05, 0) is 18.9 Å². The molecule has 0 radical (unpaired) electrons. The molecule has 3 heterocycles. The molecular weight excluding hydrogens is 292 g/mol. The van der Waals surface area contributed by atoms with Gasteiger partial charge >= 0.3 is 0 Å². The van der Waals surface area contributed by atoms with Crippen molar-refractivity contribution in [3.05, 3.63) is 18.5 Å². The van der Waals surface area contributed by atoms with Crippen molar-refractivity contribution >= 4 is 16.0 Å². The van der Waals surface area contributed by atoms with Crippen LogP contribution in [0.15, 0.2) is 18.5 Å². The Morgan fingerprint density at radius 3 is 2.67 bits per heavy atom. The molecule has 0 aromatic carbocycles. The van der Waals surface area contributed by atoms with Crippen LogP contribution in [0.3, 0.4) is 0 Å². The Morgan fingerprint density at radius 1 is 1.19 bits per heavy atom. The van der Waals surface area contributed by atoms with E-state index in [4.69, 9.17) is 4.74 Å². The van der Waals surface area contributed by atoms with Gasteiger partial charge in [-0.3, -0.25) is 0 Å². The van der Waals surface area contributed by atoms with Crippen LogP contribution >= 0.6 is 0 Å². The number of hydrogen-bond donors (Lipinski definition) is 0. The molecule has 1 saturated carbocycles. The first-order valence-corrected chi connectivity index (χ1v) is 8.81. The highest BCUT2D eigenvalue weighted by Gasteiger charge is 2.49. The van der Waals surface area contributed by atoms with Gasteiger partial charge in [-0.15, -0.1) is 0 Å². The minimum Gasteiger partial charge on any atom is -0.373 e. The molecule has 2 aliphatic heterocycles. The van der Waals surface area contributed by atoms with E-state index in [1.54, 1.807) is 22.8 Å². The third-order valence-electron chi connectivity index (χ3n) is 4.38. The van der Waals surface area contributed by atoms with Gasteiger partial charge in [0.05, 0.1) is 24.0 Å². The van der Waals surface area contributed by atoms with E-state index in [9.17, 15) is 8.42 Å². The van der Waals surface area contributed by atoms with Gasteiger partial charge in [0.25, 0.3) is 0 Å². The van der Waals surface area contributed by atoms with Crippen molar-refractivity contribution < 1.29 is 13.2 Å². The monoisotopic (exact) mass is 310 g/mol. The standard InChI is InChI=1S/C13H18N4O3S/c18-21(19,10-2-3-10)16-8-11-12(9-16)20-7-6-17(11)13-14-4-1-5-15-13/h1,4-5,10-12H,2-3,6-9H2/t11-,12+/m1/s1. The summed E-state index contributed by atoms with van der Waals surface area (Å²) in [6.07, 6.45) is 4.92. The third-order valence-corrected chi connectivity index (χ3v) is 6.71. The topological polar surface area (TPSA) is 75.6 Å². The van der Waals surface area contributed by atoms with Gasteiger partial charge in [-0.1, -0.05) is 0 Å².